The van der Waals surface area contributed by atoms with E-state index < -0.39 is 5.97 Å². The number of carbonyl (C=O) groups excluding carboxylic acids is 1. The minimum atomic E-state index is -0.438. The first-order valence-electron chi connectivity index (χ1n) is 8.18. The van der Waals surface area contributed by atoms with Gasteiger partial charge in [-0.05, 0) is 48.7 Å². The number of halogens is 2. The highest BCUT2D eigenvalue weighted by Gasteiger charge is 2.26. The van der Waals surface area contributed by atoms with Crippen LogP contribution in [0.5, 0.6) is 5.75 Å². The van der Waals surface area contributed by atoms with Crippen molar-refractivity contribution in [2.45, 2.75) is 19.4 Å². The van der Waals surface area contributed by atoms with Gasteiger partial charge in [-0.15, -0.1) is 0 Å². The van der Waals surface area contributed by atoms with E-state index in [2.05, 4.69) is 5.32 Å². The minimum Gasteiger partial charge on any atom is -0.482 e. The number of fused-ring (bicyclic) bond motifs is 1. The smallest absolute Gasteiger partial charge is 0.344 e. The predicted octanol–water partition coefficient (Wildman–Crippen LogP) is 3.66. The van der Waals surface area contributed by atoms with E-state index in [1.807, 2.05) is 6.07 Å². The summed E-state index contributed by atoms with van der Waals surface area (Å²) in [5.41, 5.74) is 2.32. The van der Waals surface area contributed by atoms with E-state index >= 15 is 0 Å². The van der Waals surface area contributed by atoms with Gasteiger partial charge in [0.1, 0.15) is 11.6 Å². The molecule has 1 aliphatic heterocycles. The molecule has 2 aromatic rings. The SMILES string of the molecule is CCOC(=O)COc1ccc(Cl)cc1[C@H]1NCCc2c(F)cccc21. The fraction of sp³-hybridized carbons (Fsp3) is 0.316. The van der Waals surface area contributed by atoms with E-state index in [0.29, 0.717) is 35.9 Å². The van der Waals surface area contributed by atoms with Gasteiger partial charge in [-0.1, -0.05) is 23.7 Å². The summed E-state index contributed by atoms with van der Waals surface area (Å²) in [6.07, 6.45) is 0.623. The Morgan fingerprint density at radius 1 is 1.32 bits per heavy atom. The van der Waals surface area contributed by atoms with Crippen LogP contribution in [0.3, 0.4) is 0 Å². The van der Waals surface area contributed by atoms with Crippen molar-refractivity contribution < 1.29 is 18.7 Å². The molecule has 0 aliphatic carbocycles. The maximum Gasteiger partial charge on any atom is 0.344 e. The van der Waals surface area contributed by atoms with Crippen molar-refractivity contribution in [3.8, 4) is 5.75 Å². The highest BCUT2D eigenvalue weighted by Crippen LogP contribution is 2.36. The van der Waals surface area contributed by atoms with E-state index in [0.717, 1.165) is 11.1 Å². The van der Waals surface area contributed by atoms with Gasteiger partial charge in [0, 0.05) is 17.1 Å². The fourth-order valence-corrected chi connectivity index (χ4v) is 3.23. The molecule has 2 aromatic carbocycles. The van der Waals surface area contributed by atoms with Crippen LogP contribution in [-0.2, 0) is 16.0 Å². The summed E-state index contributed by atoms with van der Waals surface area (Å²) in [7, 11) is 0. The monoisotopic (exact) mass is 363 g/mol. The predicted molar refractivity (Wildman–Crippen MR) is 93.5 cm³/mol. The second-order valence-electron chi connectivity index (χ2n) is 5.72. The summed E-state index contributed by atoms with van der Waals surface area (Å²) < 4.78 is 24.7. The number of carbonyl (C=O) groups is 1. The van der Waals surface area contributed by atoms with Crippen molar-refractivity contribution >= 4 is 17.6 Å². The van der Waals surface area contributed by atoms with Gasteiger partial charge in [-0.3, -0.25) is 0 Å². The van der Waals surface area contributed by atoms with Crippen molar-refractivity contribution in [2.24, 2.45) is 0 Å². The molecule has 1 aliphatic rings. The van der Waals surface area contributed by atoms with Crippen LogP contribution in [0.1, 0.15) is 29.7 Å². The maximum absolute atomic E-state index is 14.1. The Morgan fingerprint density at radius 2 is 2.16 bits per heavy atom. The minimum absolute atomic E-state index is 0.189. The number of ether oxygens (including phenoxy) is 2. The van der Waals surface area contributed by atoms with Gasteiger partial charge < -0.3 is 14.8 Å². The van der Waals surface area contributed by atoms with E-state index in [1.165, 1.54) is 6.07 Å². The highest BCUT2D eigenvalue weighted by molar-refractivity contribution is 6.30. The summed E-state index contributed by atoms with van der Waals surface area (Å²) in [5, 5.41) is 3.92. The molecule has 0 spiro atoms. The van der Waals surface area contributed by atoms with Crippen LogP contribution in [0.25, 0.3) is 0 Å². The quantitative estimate of drug-likeness (QED) is 0.824. The topological polar surface area (TPSA) is 47.6 Å². The zero-order valence-corrected chi connectivity index (χ0v) is 14.6. The molecule has 0 radical (unpaired) electrons. The number of rotatable bonds is 5. The molecule has 0 bridgehead atoms. The van der Waals surface area contributed by atoms with Crippen LogP contribution in [0.15, 0.2) is 36.4 Å². The Balaban J connectivity index is 1.94. The lowest BCUT2D eigenvalue weighted by Crippen LogP contribution is -2.31. The van der Waals surface area contributed by atoms with Gasteiger partial charge in [0.05, 0.1) is 12.6 Å². The van der Waals surface area contributed by atoms with Crippen molar-refractivity contribution in [2.75, 3.05) is 19.8 Å². The zero-order chi connectivity index (χ0) is 17.8. The molecule has 1 N–H and O–H groups in total. The Labute approximate surface area is 150 Å². The van der Waals surface area contributed by atoms with Gasteiger partial charge in [-0.25, -0.2) is 9.18 Å². The molecule has 0 saturated carbocycles. The van der Waals surface area contributed by atoms with Crippen LogP contribution in [0.4, 0.5) is 4.39 Å². The molecule has 1 atom stereocenters. The van der Waals surface area contributed by atoms with Gasteiger partial charge in [0.2, 0.25) is 0 Å². The first-order valence-corrected chi connectivity index (χ1v) is 8.56. The number of benzene rings is 2. The van der Waals surface area contributed by atoms with E-state index in [1.54, 1.807) is 31.2 Å². The van der Waals surface area contributed by atoms with Crippen molar-refractivity contribution in [1.29, 1.82) is 0 Å². The maximum atomic E-state index is 14.1. The fourth-order valence-electron chi connectivity index (χ4n) is 3.05. The van der Waals surface area contributed by atoms with Crippen LogP contribution >= 0.6 is 11.6 Å². The third-order valence-electron chi connectivity index (χ3n) is 4.12. The zero-order valence-electron chi connectivity index (χ0n) is 13.9. The lowest BCUT2D eigenvalue weighted by Gasteiger charge is -2.29. The van der Waals surface area contributed by atoms with Gasteiger partial charge in [0.25, 0.3) is 0 Å². The summed E-state index contributed by atoms with van der Waals surface area (Å²) in [6.45, 7) is 2.49. The Morgan fingerprint density at radius 3 is 2.96 bits per heavy atom. The second-order valence-corrected chi connectivity index (χ2v) is 6.16. The number of esters is 1. The van der Waals surface area contributed by atoms with Crippen molar-refractivity contribution in [3.05, 3.63) is 63.9 Å². The molecule has 25 heavy (non-hydrogen) atoms. The van der Waals surface area contributed by atoms with Gasteiger partial charge >= 0.3 is 5.97 Å². The third kappa shape index (κ3) is 3.94. The summed E-state index contributed by atoms with van der Waals surface area (Å²) in [4.78, 5) is 11.6. The van der Waals surface area contributed by atoms with Crippen LogP contribution in [0, 0.1) is 5.82 Å². The van der Waals surface area contributed by atoms with Gasteiger partial charge in [-0.2, -0.15) is 0 Å². The molecule has 3 rings (SSSR count). The van der Waals surface area contributed by atoms with E-state index in [4.69, 9.17) is 21.1 Å². The normalized spacial score (nSPS) is 16.2. The van der Waals surface area contributed by atoms with E-state index in [9.17, 15) is 9.18 Å². The molecular weight excluding hydrogens is 345 g/mol. The molecule has 6 heteroatoms. The lowest BCUT2D eigenvalue weighted by molar-refractivity contribution is -0.145. The first-order chi connectivity index (χ1) is 12.1. The summed E-state index contributed by atoms with van der Waals surface area (Å²) in [6, 6.07) is 9.99. The van der Waals surface area contributed by atoms with Crippen LogP contribution in [0.2, 0.25) is 5.02 Å². The molecule has 0 amide bonds. The number of hydrogen-bond acceptors (Lipinski definition) is 4. The first kappa shape index (κ1) is 17.7. The van der Waals surface area contributed by atoms with Gasteiger partial charge in [0.15, 0.2) is 6.61 Å². The molecule has 0 fully saturated rings. The standard InChI is InChI=1S/C19H19ClFNO3/c1-2-24-18(23)11-25-17-7-6-12(20)10-15(17)19-14-4-3-5-16(21)13(14)8-9-22-19/h3-7,10,19,22H,2,8-9,11H2,1H3/t19-/m0/s1. The molecule has 1 heterocycles. The van der Waals surface area contributed by atoms with Crippen LogP contribution in [-0.4, -0.2) is 25.7 Å². The number of hydrogen-bond donors (Lipinski definition) is 1. The number of nitrogens with one attached hydrogen (secondary N) is 1. The Hall–Kier alpha value is -2.11. The molecular formula is C19H19ClFNO3. The second kappa shape index (κ2) is 7.85. The molecule has 0 saturated heterocycles. The van der Waals surface area contributed by atoms with E-state index in [-0.39, 0.29) is 18.5 Å². The largest absolute Gasteiger partial charge is 0.482 e. The third-order valence-corrected chi connectivity index (χ3v) is 4.36. The van der Waals surface area contributed by atoms with Crippen molar-refractivity contribution in [3.63, 3.8) is 0 Å². The molecule has 0 aromatic heterocycles. The lowest BCUT2D eigenvalue weighted by atomic mass is 9.89. The van der Waals surface area contributed by atoms with Crippen LogP contribution < -0.4 is 10.1 Å². The highest BCUT2D eigenvalue weighted by atomic mass is 35.5. The average molecular weight is 364 g/mol. The molecule has 0 unspecified atom stereocenters. The Kier molecular flexibility index (Phi) is 5.56. The molecule has 4 nitrogen and oxygen atoms in total. The average Bonchev–Trinajstić information content (AvgIpc) is 2.61. The summed E-state index contributed by atoms with van der Waals surface area (Å²) in [5.74, 6) is -0.126. The Bertz CT molecular complexity index is 781. The molecule has 132 valence electrons. The van der Waals surface area contributed by atoms with Crippen molar-refractivity contribution in [1.82, 2.24) is 5.32 Å². The summed E-state index contributed by atoms with van der Waals surface area (Å²) >= 11 is 6.16.